The molecule has 1 amide bonds. The second-order valence-corrected chi connectivity index (χ2v) is 5.67. The number of nitrogens with zero attached hydrogens (tertiary/aromatic N) is 3. The Bertz CT molecular complexity index is 429. The average Bonchev–Trinajstić information content (AvgIpc) is 2.53. The van der Waals surface area contributed by atoms with Crippen LogP contribution in [0.2, 0.25) is 0 Å². The van der Waals surface area contributed by atoms with Gasteiger partial charge in [-0.3, -0.25) is 14.7 Å². The van der Waals surface area contributed by atoms with E-state index < -0.39 is 0 Å². The van der Waals surface area contributed by atoms with Gasteiger partial charge in [0.1, 0.15) is 0 Å². The SMILES string of the molecule is CCNCC(C)C(=O)N1CCN(Cc2ccncc2)CC1. The van der Waals surface area contributed by atoms with Crippen molar-refractivity contribution in [3.63, 3.8) is 0 Å². The van der Waals surface area contributed by atoms with Crippen molar-refractivity contribution in [3.05, 3.63) is 30.1 Å². The number of carbonyl (C=O) groups excluding carboxylic acids is 1. The van der Waals surface area contributed by atoms with Gasteiger partial charge in [-0.2, -0.15) is 0 Å². The Morgan fingerprint density at radius 3 is 2.57 bits per heavy atom. The Kier molecular flexibility index (Phi) is 6.14. The first-order valence-electron chi connectivity index (χ1n) is 7.81. The highest BCUT2D eigenvalue weighted by molar-refractivity contribution is 5.78. The van der Waals surface area contributed by atoms with Crippen molar-refractivity contribution in [2.75, 3.05) is 39.3 Å². The lowest BCUT2D eigenvalue weighted by molar-refractivity contribution is -0.136. The molecule has 1 fully saturated rings. The summed E-state index contributed by atoms with van der Waals surface area (Å²) in [6.07, 6.45) is 3.66. The Hall–Kier alpha value is -1.46. The first-order chi connectivity index (χ1) is 10.2. The fraction of sp³-hybridized carbons (Fsp3) is 0.625. The number of aromatic nitrogens is 1. The summed E-state index contributed by atoms with van der Waals surface area (Å²) in [5, 5.41) is 3.25. The maximum absolute atomic E-state index is 12.3. The molecule has 1 N–H and O–H groups in total. The summed E-state index contributed by atoms with van der Waals surface area (Å²) < 4.78 is 0. The molecule has 1 aromatic rings. The standard InChI is InChI=1S/C16H26N4O/c1-3-17-12-14(2)16(21)20-10-8-19(9-11-20)13-15-4-6-18-7-5-15/h4-7,14,17H,3,8-13H2,1-2H3. The van der Waals surface area contributed by atoms with Crippen LogP contribution in [0.25, 0.3) is 0 Å². The van der Waals surface area contributed by atoms with Crippen molar-refractivity contribution in [2.45, 2.75) is 20.4 Å². The molecule has 0 radical (unpaired) electrons. The molecule has 1 saturated heterocycles. The van der Waals surface area contributed by atoms with E-state index in [0.29, 0.717) is 0 Å². The first kappa shape index (κ1) is 15.9. The minimum atomic E-state index is 0.0664. The lowest BCUT2D eigenvalue weighted by Crippen LogP contribution is -2.50. The molecule has 0 spiro atoms. The quantitative estimate of drug-likeness (QED) is 0.848. The van der Waals surface area contributed by atoms with E-state index in [1.165, 1.54) is 5.56 Å². The highest BCUT2D eigenvalue weighted by atomic mass is 16.2. The summed E-state index contributed by atoms with van der Waals surface area (Å²) in [5.74, 6) is 0.344. The number of piperazine rings is 1. The number of carbonyl (C=O) groups is 1. The molecule has 1 aliphatic rings. The molecule has 1 aromatic heterocycles. The first-order valence-corrected chi connectivity index (χ1v) is 7.81. The maximum atomic E-state index is 12.3. The normalized spacial score (nSPS) is 17.7. The highest BCUT2D eigenvalue weighted by Crippen LogP contribution is 2.10. The summed E-state index contributed by atoms with van der Waals surface area (Å²) >= 11 is 0. The highest BCUT2D eigenvalue weighted by Gasteiger charge is 2.24. The van der Waals surface area contributed by atoms with Crippen molar-refractivity contribution in [3.8, 4) is 0 Å². The number of amides is 1. The Labute approximate surface area is 127 Å². The van der Waals surface area contributed by atoms with E-state index in [1.54, 1.807) is 0 Å². The van der Waals surface area contributed by atoms with Gasteiger partial charge in [-0.1, -0.05) is 13.8 Å². The Morgan fingerprint density at radius 2 is 1.95 bits per heavy atom. The molecule has 1 aliphatic heterocycles. The van der Waals surface area contributed by atoms with Gasteiger partial charge in [0, 0.05) is 57.6 Å². The zero-order chi connectivity index (χ0) is 15.1. The zero-order valence-electron chi connectivity index (χ0n) is 13.1. The molecule has 2 heterocycles. The summed E-state index contributed by atoms with van der Waals surface area (Å²) in [7, 11) is 0. The van der Waals surface area contributed by atoms with Crippen LogP contribution in [0.1, 0.15) is 19.4 Å². The number of nitrogens with one attached hydrogen (secondary N) is 1. The molecule has 21 heavy (non-hydrogen) atoms. The fourth-order valence-electron chi connectivity index (χ4n) is 2.63. The lowest BCUT2D eigenvalue weighted by Gasteiger charge is -2.36. The summed E-state index contributed by atoms with van der Waals surface area (Å²) in [4.78, 5) is 20.8. The summed E-state index contributed by atoms with van der Waals surface area (Å²) in [5.41, 5.74) is 1.28. The third-order valence-electron chi connectivity index (χ3n) is 3.96. The van der Waals surface area contributed by atoms with Crippen LogP contribution in [0, 0.1) is 5.92 Å². The van der Waals surface area contributed by atoms with Crippen LogP contribution < -0.4 is 5.32 Å². The molecule has 5 heteroatoms. The van der Waals surface area contributed by atoms with E-state index in [2.05, 4.69) is 34.3 Å². The molecular weight excluding hydrogens is 264 g/mol. The van der Waals surface area contributed by atoms with Gasteiger partial charge in [-0.25, -0.2) is 0 Å². The Balaban J connectivity index is 1.76. The minimum absolute atomic E-state index is 0.0664. The predicted molar refractivity (Wildman–Crippen MR) is 83.8 cm³/mol. The number of hydrogen-bond acceptors (Lipinski definition) is 4. The monoisotopic (exact) mass is 290 g/mol. The van der Waals surface area contributed by atoms with Crippen LogP contribution in [0.15, 0.2) is 24.5 Å². The van der Waals surface area contributed by atoms with Crippen molar-refractivity contribution in [1.82, 2.24) is 20.1 Å². The smallest absolute Gasteiger partial charge is 0.226 e. The van der Waals surface area contributed by atoms with Crippen LogP contribution >= 0.6 is 0 Å². The van der Waals surface area contributed by atoms with E-state index in [9.17, 15) is 4.79 Å². The van der Waals surface area contributed by atoms with E-state index in [-0.39, 0.29) is 11.8 Å². The summed E-state index contributed by atoms with van der Waals surface area (Å²) in [6, 6.07) is 4.10. The van der Waals surface area contributed by atoms with E-state index in [4.69, 9.17) is 0 Å². The second kappa shape index (κ2) is 8.10. The lowest BCUT2D eigenvalue weighted by atomic mass is 10.1. The van der Waals surface area contributed by atoms with Crippen molar-refractivity contribution in [2.24, 2.45) is 5.92 Å². The van der Waals surface area contributed by atoms with Crippen LogP contribution in [0.4, 0.5) is 0 Å². The topological polar surface area (TPSA) is 48.5 Å². The summed E-state index contributed by atoms with van der Waals surface area (Å²) in [6.45, 7) is 10.3. The van der Waals surface area contributed by atoms with Gasteiger partial charge in [0.05, 0.1) is 0 Å². The van der Waals surface area contributed by atoms with Gasteiger partial charge >= 0.3 is 0 Å². The van der Waals surface area contributed by atoms with Crippen LogP contribution in [0.5, 0.6) is 0 Å². The average molecular weight is 290 g/mol. The van der Waals surface area contributed by atoms with Gasteiger partial charge < -0.3 is 10.2 Å². The van der Waals surface area contributed by atoms with Crippen molar-refractivity contribution in [1.29, 1.82) is 0 Å². The van der Waals surface area contributed by atoms with Gasteiger partial charge in [-0.15, -0.1) is 0 Å². The van der Waals surface area contributed by atoms with Crippen LogP contribution in [-0.4, -0.2) is 60.0 Å². The molecule has 0 saturated carbocycles. The predicted octanol–water partition coefficient (Wildman–Crippen LogP) is 0.971. The maximum Gasteiger partial charge on any atom is 0.226 e. The molecule has 0 bridgehead atoms. The van der Waals surface area contributed by atoms with Gasteiger partial charge in [0.2, 0.25) is 5.91 Å². The number of pyridine rings is 1. The molecule has 0 aliphatic carbocycles. The number of hydrogen-bond donors (Lipinski definition) is 1. The molecule has 116 valence electrons. The third kappa shape index (κ3) is 4.79. The third-order valence-corrected chi connectivity index (χ3v) is 3.96. The van der Waals surface area contributed by atoms with Crippen molar-refractivity contribution < 1.29 is 4.79 Å². The second-order valence-electron chi connectivity index (χ2n) is 5.67. The number of rotatable bonds is 6. The molecule has 0 aromatic carbocycles. The van der Waals surface area contributed by atoms with Gasteiger partial charge in [0.15, 0.2) is 0 Å². The molecule has 1 atom stereocenters. The molecule has 5 nitrogen and oxygen atoms in total. The van der Waals surface area contributed by atoms with E-state index >= 15 is 0 Å². The zero-order valence-corrected chi connectivity index (χ0v) is 13.1. The van der Waals surface area contributed by atoms with E-state index in [1.807, 2.05) is 24.2 Å². The van der Waals surface area contributed by atoms with Crippen molar-refractivity contribution >= 4 is 5.91 Å². The molecule has 1 unspecified atom stereocenters. The van der Waals surface area contributed by atoms with E-state index in [0.717, 1.165) is 45.8 Å². The van der Waals surface area contributed by atoms with Gasteiger partial charge in [0.25, 0.3) is 0 Å². The fourth-order valence-corrected chi connectivity index (χ4v) is 2.63. The Morgan fingerprint density at radius 1 is 1.29 bits per heavy atom. The molecular formula is C16H26N4O. The minimum Gasteiger partial charge on any atom is -0.340 e. The van der Waals surface area contributed by atoms with Crippen LogP contribution in [0.3, 0.4) is 0 Å². The molecule has 2 rings (SSSR count). The van der Waals surface area contributed by atoms with Gasteiger partial charge in [-0.05, 0) is 24.2 Å². The largest absolute Gasteiger partial charge is 0.340 e. The van der Waals surface area contributed by atoms with Crippen LogP contribution in [-0.2, 0) is 11.3 Å².